The van der Waals surface area contributed by atoms with Crippen LogP contribution in [0.25, 0.3) is 11.1 Å². The number of nitrogens with one attached hydrogen (secondary N) is 2. The summed E-state index contributed by atoms with van der Waals surface area (Å²) in [4.78, 5) is 35.5. The molecule has 3 atom stereocenters. The van der Waals surface area contributed by atoms with Gasteiger partial charge >= 0.3 is 12.1 Å². The average molecular weight is 469 g/mol. The maximum absolute atomic E-state index is 12.3. The first kappa shape index (κ1) is 23.7. The summed E-state index contributed by atoms with van der Waals surface area (Å²) in [5.41, 5.74) is 2.53. The van der Waals surface area contributed by atoms with Crippen LogP contribution in [0.4, 0.5) is 4.79 Å². The predicted molar refractivity (Wildman–Crippen MR) is 122 cm³/mol. The van der Waals surface area contributed by atoms with E-state index in [1.165, 1.54) is 0 Å². The molecule has 4 rings (SSSR count). The number of aliphatic hydroxyl groups is 1. The maximum atomic E-state index is 12.3. The zero-order valence-corrected chi connectivity index (χ0v) is 18.8. The van der Waals surface area contributed by atoms with Crippen LogP contribution in [0.5, 0.6) is 0 Å². The van der Waals surface area contributed by atoms with E-state index in [-0.39, 0.29) is 31.8 Å². The number of hydrogen-bond acceptors (Lipinski definition) is 6. The van der Waals surface area contributed by atoms with Crippen molar-refractivity contribution in [2.75, 3.05) is 26.3 Å². The number of carboxylic acids is 1. The lowest BCUT2D eigenvalue weighted by molar-refractivity contribution is -0.156. The summed E-state index contributed by atoms with van der Waals surface area (Å²) in [6.45, 7) is 1.26. The van der Waals surface area contributed by atoms with Crippen molar-refractivity contribution in [2.24, 2.45) is 5.92 Å². The predicted octanol–water partition coefficient (Wildman–Crippen LogP) is 1.88. The lowest BCUT2D eigenvalue weighted by Crippen LogP contribution is -2.48. The van der Waals surface area contributed by atoms with Crippen molar-refractivity contribution in [3.63, 3.8) is 0 Å². The Kier molecular flexibility index (Phi) is 6.85. The van der Waals surface area contributed by atoms with Gasteiger partial charge in [0, 0.05) is 12.5 Å². The number of carbonyl (C=O) groups excluding carboxylic acids is 2. The Morgan fingerprint density at radius 3 is 2.29 bits per heavy atom. The second-order valence-electron chi connectivity index (χ2n) is 8.89. The van der Waals surface area contributed by atoms with Gasteiger partial charge in [0.2, 0.25) is 5.91 Å². The van der Waals surface area contributed by atoms with Gasteiger partial charge in [-0.1, -0.05) is 48.5 Å². The molecule has 180 valence electrons. The number of carboxylic acid groups (broad SMARTS) is 1. The van der Waals surface area contributed by atoms with Crippen molar-refractivity contribution in [1.82, 2.24) is 10.6 Å². The van der Waals surface area contributed by atoms with Gasteiger partial charge in [0.1, 0.15) is 6.61 Å². The molecule has 2 amide bonds. The maximum Gasteiger partial charge on any atom is 0.407 e. The van der Waals surface area contributed by atoms with Gasteiger partial charge in [0.15, 0.2) is 5.60 Å². The van der Waals surface area contributed by atoms with Crippen LogP contribution in [0.1, 0.15) is 30.4 Å². The molecule has 2 aliphatic rings. The van der Waals surface area contributed by atoms with Gasteiger partial charge in [0.25, 0.3) is 0 Å². The fourth-order valence-corrected chi connectivity index (χ4v) is 4.36. The van der Waals surface area contributed by atoms with Crippen LogP contribution in [-0.2, 0) is 19.1 Å². The third kappa shape index (κ3) is 5.05. The van der Waals surface area contributed by atoms with Crippen molar-refractivity contribution >= 4 is 18.0 Å². The number of aliphatic carboxylic acids is 1. The number of rotatable bonds is 8. The normalized spacial score (nSPS) is 20.6. The number of ether oxygens (including phenoxy) is 2. The van der Waals surface area contributed by atoms with Crippen molar-refractivity contribution in [2.45, 2.75) is 31.0 Å². The fraction of sp³-hybridized carbons (Fsp3) is 0.400. The van der Waals surface area contributed by atoms with Crippen molar-refractivity contribution in [1.29, 1.82) is 0 Å². The Morgan fingerprint density at radius 2 is 1.68 bits per heavy atom. The monoisotopic (exact) mass is 468 g/mol. The summed E-state index contributed by atoms with van der Waals surface area (Å²) >= 11 is 0. The van der Waals surface area contributed by atoms with E-state index >= 15 is 0 Å². The SMILES string of the molecule is CC(O)(CNC(=O)C1COC(CNC(=O)OCC2c3ccccc3-c3ccccc32)C1)C(=O)O. The van der Waals surface area contributed by atoms with E-state index < -0.39 is 36.0 Å². The number of benzene rings is 2. The molecule has 1 fully saturated rings. The fourth-order valence-electron chi connectivity index (χ4n) is 4.36. The van der Waals surface area contributed by atoms with Gasteiger partial charge in [-0.05, 0) is 35.6 Å². The first-order valence-corrected chi connectivity index (χ1v) is 11.2. The molecule has 0 aromatic heterocycles. The Bertz CT molecular complexity index is 1040. The second-order valence-corrected chi connectivity index (χ2v) is 8.89. The van der Waals surface area contributed by atoms with Crippen LogP contribution in [0.15, 0.2) is 48.5 Å². The Balaban J connectivity index is 1.23. The summed E-state index contributed by atoms with van der Waals surface area (Å²) < 4.78 is 11.1. The minimum Gasteiger partial charge on any atom is -0.479 e. The lowest BCUT2D eigenvalue weighted by Gasteiger charge is -2.19. The summed E-state index contributed by atoms with van der Waals surface area (Å²) in [7, 11) is 0. The van der Waals surface area contributed by atoms with E-state index in [1.54, 1.807) is 0 Å². The smallest absolute Gasteiger partial charge is 0.407 e. The first-order valence-electron chi connectivity index (χ1n) is 11.2. The minimum absolute atomic E-state index is 0.0306. The highest BCUT2D eigenvalue weighted by atomic mass is 16.5. The van der Waals surface area contributed by atoms with Gasteiger partial charge in [0.05, 0.1) is 25.2 Å². The number of alkyl carbamates (subject to hydrolysis) is 1. The molecule has 0 saturated carbocycles. The number of amides is 2. The molecular weight excluding hydrogens is 440 g/mol. The van der Waals surface area contributed by atoms with Gasteiger partial charge in [-0.25, -0.2) is 9.59 Å². The third-order valence-electron chi connectivity index (χ3n) is 6.34. The lowest BCUT2D eigenvalue weighted by atomic mass is 9.98. The third-order valence-corrected chi connectivity index (χ3v) is 6.34. The molecule has 34 heavy (non-hydrogen) atoms. The van der Waals surface area contributed by atoms with Crippen molar-refractivity contribution in [3.8, 4) is 11.1 Å². The van der Waals surface area contributed by atoms with Crippen molar-refractivity contribution in [3.05, 3.63) is 59.7 Å². The quantitative estimate of drug-likeness (QED) is 0.465. The topological polar surface area (TPSA) is 134 Å². The molecule has 1 saturated heterocycles. The first-order chi connectivity index (χ1) is 16.3. The Labute approximate surface area is 197 Å². The molecule has 2 aromatic rings. The zero-order valence-electron chi connectivity index (χ0n) is 18.8. The molecule has 1 aliphatic carbocycles. The molecule has 0 spiro atoms. The van der Waals surface area contributed by atoms with Crippen LogP contribution in [0, 0.1) is 5.92 Å². The van der Waals surface area contributed by atoms with Gasteiger partial charge in [-0.2, -0.15) is 0 Å². The Morgan fingerprint density at radius 1 is 1.06 bits per heavy atom. The Hall–Kier alpha value is -3.43. The molecule has 9 heteroatoms. The van der Waals surface area contributed by atoms with E-state index in [2.05, 4.69) is 34.9 Å². The molecule has 1 heterocycles. The molecule has 3 unspecified atom stereocenters. The summed E-state index contributed by atoms with van der Waals surface area (Å²) in [6.07, 6.45) is -0.558. The van der Waals surface area contributed by atoms with Gasteiger partial charge in [-0.15, -0.1) is 0 Å². The number of hydrogen-bond donors (Lipinski definition) is 4. The summed E-state index contributed by atoms with van der Waals surface area (Å²) in [5, 5.41) is 23.8. The molecule has 0 radical (unpaired) electrons. The van der Waals surface area contributed by atoms with Crippen LogP contribution in [0.3, 0.4) is 0 Å². The van der Waals surface area contributed by atoms with Crippen LogP contribution in [0.2, 0.25) is 0 Å². The molecule has 9 nitrogen and oxygen atoms in total. The number of carbonyl (C=O) groups is 3. The highest BCUT2D eigenvalue weighted by molar-refractivity contribution is 5.82. The minimum atomic E-state index is -2.04. The van der Waals surface area contributed by atoms with Crippen LogP contribution >= 0.6 is 0 Å². The van der Waals surface area contributed by atoms with Crippen LogP contribution < -0.4 is 10.6 Å². The highest BCUT2D eigenvalue weighted by Crippen LogP contribution is 2.44. The van der Waals surface area contributed by atoms with E-state index in [0.29, 0.717) is 6.42 Å². The highest BCUT2D eigenvalue weighted by Gasteiger charge is 2.35. The van der Waals surface area contributed by atoms with Crippen LogP contribution in [-0.4, -0.2) is 66.2 Å². The summed E-state index contributed by atoms with van der Waals surface area (Å²) in [5.74, 6) is -2.33. The van der Waals surface area contributed by atoms with Gasteiger partial charge in [-0.3, -0.25) is 4.79 Å². The number of fused-ring (bicyclic) bond motifs is 3. The van der Waals surface area contributed by atoms with E-state index in [4.69, 9.17) is 14.6 Å². The van der Waals surface area contributed by atoms with E-state index in [1.807, 2.05) is 24.3 Å². The van der Waals surface area contributed by atoms with E-state index in [9.17, 15) is 19.5 Å². The second kappa shape index (κ2) is 9.82. The molecule has 0 bridgehead atoms. The molecular formula is C25H28N2O7. The largest absolute Gasteiger partial charge is 0.479 e. The van der Waals surface area contributed by atoms with Crippen molar-refractivity contribution < 1.29 is 34.1 Å². The molecule has 1 aliphatic heterocycles. The molecule has 4 N–H and O–H groups in total. The summed E-state index contributed by atoms with van der Waals surface area (Å²) in [6, 6.07) is 16.2. The molecule has 2 aromatic carbocycles. The van der Waals surface area contributed by atoms with Gasteiger partial charge < -0.3 is 30.3 Å². The van der Waals surface area contributed by atoms with E-state index in [0.717, 1.165) is 29.2 Å². The standard InChI is InChI=1S/C25H28N2O7/c1-25(32,23(29)30)14-27-22(28)15-10-16(33-12-15)11-26-24(31)34-13-21-19-8-4-2-6-17(19)18-7-3-5-9-20(18)21/h2-9,15-16,21,32H,10-14H2,1H3,(H,26,31)(H,27,28)(H,29,30). The average Bonchev–Trinajstić information content (AvgIpc) is 3.43. The zero-order chi connectivity index (χ0) is 24.3.